The third-order valence-electron chi connectivity index (χ3n) is 3.47. The van der Waals surface area contributed by atoms with Crippen LogP contribution in [-0.2, 0) is 23.7 Å². The van der Waals surface area contributed by atoms with Gasteiger partial charge in [0.1, 0.15) is 0 Å². The second-order valence-corrected chi connectivity index (χ2v) is 4.93. The molecule has 2 bridgehead atoms. The fraction of sp³-hybridized carbons (Fsp3) is 0.769. The Kier molecular flexibility index (Phi) is 4.64. The Hall–Kier alpha value is -1.15. The zero-order valence-electron chi connectivity index (χ0n) is 12.0. The Morgan fingerprint density at radius 2 is 2.30 bits per heavy atom. The molecule has 0 spiro atoms. The van der Waals surface area contributed by atoms with Gasteiger partial charge < -0.3 is 29.4 Å². The molecule has 0 aromatic carbocycles. The summed E-state index contributed by atoms with van der Waals surface area (Å²) in [6.45, 7) is 2.29. The third-order valence-corrected chi connectivity index (χ3v) is 3.47. The maximum absolute atomic E-state index is 12.2. The summed E-state index contributed by atoms with van der Waals surface area (Å²) in [6.07, 6.45) is -0.254. The lowest BCUT2D eigenvalue weighted by atomic mass is 9.82. The number of carbonyl (C=O) groups excluding carboxylic acids is 1. The Bertz CT molecular complexity index is 410. The van der Waals surface area contributed by atoms with Crippen LogP contribution >= 0.6 is 0 Å². The first-order valence-corrected chi connectivity index (χ1v) is 6.58. The van der Waals surface area contributed by atoms with Gasteiger partial charge in [0.25, 0.3) is 0 Å². The first-order chi connectivity index (χ1) is 9.54. The van der Waals surface area contributed by atoms with Crippen LogP contribution in [0.1, 0.15) is 13.3 Å². The van der Waals surface area contributed by atoms with E-state index >= 15 is 0 Å². The van der Waals surface area contributed by atoms with Gasteiger partial charge in [-0.3, -0.25) is 0 Å². The third kappa shape index (κ3) is 2.80. The lowest BCUT2D eigenvalue weighted by molar-refractivity contribution is -0.237. The molecule has 0 unspecified atom stereocenters. The average molecular weight is 287 g/mol. The van der Waals surface area contributed by atoms with E-state index in [-0.39, 0.29) is 25.7 Å². The molecule has 0 aliphatic carbocycles. The number of methoxy groups -OCH3 is 2. The van der Waals surface area contributed by atoms with Crippen molar-refractivity contribution in [3.05, 3.63) is 11.3 Å². The molecule has 7 nitrogen and oxygen atoms in total. The zero-order chi connectivity index (χ0) is 14.8. The van der Waals surface area contributed by atoms with Crippen molar-refractivity contribution in [3.8, 4) is 0 Å². The van der Waals surface area contributed by atoms with E-state index in [1.807, 2.05) is 0 Å². The van der Waals surface area contributed by atoms with Crippen molar-refractivity contribution >= 4 is 5.97 Å². The minimum absolute atomic E-state index is 0.0886. The molecule has 114 valence electrons. The largest absolute Gasteiger partial charge is 0.463 e. The number of fused-ring (bicyclic) bond motifs is 2. The smallest absolute Gasteiger partial charge is 0.336 e. The van der Waals surface area contributed by atoms with Gasteiger partial charge >= 0.3 is 5.97 Å². The summed E-state index contributed by atoms with van der Waals surface area (Å²) in [5, 5.41) is 13.3. The number of rotatable bonds is 5. The number of hydrogen-bond acceptors (Lipinski definition) is 7. The molecule has 1 fully saturated rings. The molecule has 3 atom stereocenters. The highest BCUT2D eigenvalue weighted by Gasteiger charge is 2.49. The van der Waals surface area contributed by atoms with Crippen molar-refractivity contribution in [2.75, 3.05) is 34.0 Å². The molecule has 0 saturated carbocycles. The standard InChI is InChI=1S/C13H21NO6/c1-4-19-11(15)10-8-5-13(16,7-20-12(8)18-3)14-9(10)6-17-2/h8,12,14,16H,4-7H2,1-3H3/t8-,12+,13+/m1/s1. The molecular weight excluding hydrogens is 266 g/mol. The van der Waals surface area contributed by atoms with Crippen LogP contribution in [0.5, 0.6) is 0 Å². The molecule has 0 radical (unpaired) electrons. The summed E-state index contributed by atoms with van der Waals surface area (Å²) >= 11 is 0. The van der Waals surface area contributed by atoms with Gasteiger partial charge in [-0.05, 0) is 6.92 Å². The highest BCUT2D eigenvalue weighted by atomic mass is 16.7. The number of ether oxygens (including phenoxy) is 4. The highest BCUT2D eigenvalue weighted by molar-refractivity contribution is 5.90. The van der Waals surface area contributed by atoms with Crippen LogP contribution < -0.4 is 5.32 Å². The molecule has 2 heterocycles. The van der Waals surface area contributed by atoms with Gasteiger partial charge in [-0.15, -0.1) is 0 Å². The summed E-state index contributed by atoms with van der Waals surface area (Å²) in [6, 6.07) is 0. The molecule has 0 amide bonds. The quantitative estimate of drug-likeness (QED) is 0.674. The van der Waals surface area contributed by atoms with Crippen molar-refractivity contribution in [3.63, 3.8) is 0 Å². The average Bonchev–Trinajstić information content (AvgIpc) is 2.39. The predicted octanol–water partition coefficient (Wildman–Crippen LogP) is -0.249. The van der Waals surface area contributed by atoms with E-state index in [4.69, 9.17) is 18.9 Å². The highest BCUT2D eigenvalue weighted by Crippen LogP contribution is 2.38. The first-order valence-electron chi connectivity index (χ1n) is 6.58. The molecule has 20 heavy (non-hydrogen) atoms. The summed E-state index contributed by atoms with van der Waals surface area (Å²) in [5.41, 5.74) is -0.260. The zero-order valence-corrected chi connectivity index (χ0v) is 12.0. The van der Waals surface area contributed by atoms with E-state index in [0.717, 1.165) is 0 Å². The van der Waals surface area contributed by atoms with E-state index in [2.05, 4.69) is 5.32 Å². The molecule has 2 N–H and O–H groups in total. The Morgan fingerprint density at radius 3 is 2.90 bits per heavy atom. The predicted molar refractivity (Wildman–Crippen MR) is 68.5 cm³/mol. The first kappa shape index (κ1) is 15.2. The van der Waals surface area contributed by atoms with Crippen LogP contribution in [0.2, 0.25) is 0 Å². The maximum atomic E-state index is 12.2. The second-order valence-electron chi connectivity index (χ2n) is 4.93. The normalized spacial score (nSPS) is 32.8. The summed E-state index contributed by atoms with van der Waals surface area (Å²) in [7, 11) is 3.03. The Labute approximate surface area is 117 Å². The molecule has 0 aromatic heterocycles. The summed E-state index contributed by atoms with van der Waals surface area (Å²) in [5.74, 6) is -0.823. The van der Waals surface area contributed by atoms with Crippen LogP contribution in [-0.4, -0.2) is 57.1 Å². The van der Waals surface area contributed by atoms with Gasteiger partial charge in [0.2, 0.25) is 0 Å². The topological polar surface area (TPSA) is 86.3 Å². The lowest BCUT2D eigenvalue weighted by Crippen LogP contribution is -2.61. The van der Waals surface area contributed by atoms with Crippen molar-refractivity contribution in [1.82, 2.24) is 5.32 Å². The van der Waals surface area contributed by atoms with Gasteiger partial charge in [-0.2, -0.15) is 0 Å². The van der Waals surface area contributed by atoms with E-state index < -0.39 is 18.0 Å². The van der Waals surface area contributed by atoms with E-state index in [0.29, 0.717) is 17.7 Å². The van der Waals surface area contributed by atoms with Gasteiger partial charge in [0, 0.05) is 26.6 Å². The van der Waals surface area contributed by atoms with Gasteiger partial charge in [0.15, 0.2) is 12.0 Å². The van der Waals surface area contributed by atoms with Gasteiger partial charge in [-0.1, -0.05) is 0 Å². The maximum Gasteiger partial charge on any atom is 0.336 e. The van der Waals surface area contributed by atoms with Crippen LogP contribution in [0.3, 0.4) is 0 Å². The van der Waals surface area contributed by atoms with Crippen LogP contribution in [0.15, 0.2) is 11.3 Å². The minimum Gasteiger partial charge on any atom is -0.463 e. The molecule has 7 heteroatoms. The molecular formula is C13H21NO6. The Balaban J connectivity index is 2.38. The van der Waals surface area contributed by atoms with Crippen molar-refractivity contribution in [1.29, 1.82) is 0 Å². The fourth-order valence-corrected chi connectivity index (χ4v) is 2.73. The van der Waals surface area contributed by atoms with Crippen LogP contribution in [0, 0.1) is 5.92 Å². The number of esters is 1. The van der Waals surface area contributed by atoms with Gasteiger partial charge in [-0.25, -0.2) is 4.79 Å². The summed E-state index contributed by atoms with van der Waals surface area (Å²) in [4.78, 5) is 12.2. The molecule has 2 aliphatic rings. The summed E-state index contributed by atoms with van der Waals surface area (Å²) < 4.78 is 20.9. The molecule has 0 aromatic rings. The number of aliphatic hydroxyl groups is 1. The van der Waals surface area contributed by atoms with E-state index in [1.165, 1.54) is 14.2 Å². The minimum atomic E-state index is -1.20. The van der Waals surface area contributed by atoms with Crippen molar-refractivity contribution in [2.24, 2.45) is 5.92 Å². The number of nitrogens with one attached hydrogen (secondary N) is 1. The number of carbonyl (C=O) groups is 1. The van der Waals surface area contributed by atoms with E-state index in [9.17, 15) is 9.90 Å². The van der Waals surface area contributed by atoms with Crippen LogP contribution in [0.25, 0.3) is 0 Å². The van der Waals surface area contributed by atoms with Gasteiger partial charge in [0.05, 0.1) is 31.1 Å². The molecule has 1 saturated heterocycles. The monoisotopic (exact) mass is 287 g/mol. The molecule has 2 aliphatic heterocycles. The molecule has 2 rings (SSSR count). The second kappa shape index (κ2) is 6.09. The van der Waals surface area contributed by atoms with E-state index in [1.54, 1.807) is 6.92 Å². The SMILES string of the molecule is CCOC(=O)C1=C(COC)N[C@@]2(O)CO[C@H](OC)[C@@H]1C2. The number of hydrogen-bond donors (Lipinski definition) is 2. The van der Waals surface area contributed by atoms with Crippen LogP contribution in [0.4, 0.5) is 0 Å². The van der Waals surface area contributed by atoms with Crippen molar-refractivity contribution in [2.45, 2.75) is 25.4 Å². The Morgan fingerprint density at radius 1 is 1.55 bits per heavy atom. The lowest BCUT2D eigenvalue weighted by Gasteiger charge is -2.46. The van der Waals surface area contributed by atoms with Crippen molar-refractivity contribution < 1.29 is 28.8 Å². The fourth-order valence-electron chi connectivity index (χ4n) is 2.73.